The van der Waals surface area contributed by atoms with Crippen LogP contribution in [0.5, 0.6) is 11.6 Å². The Hall–Kier alpha value is -2.10. The minimum atomic E-state index is 0.0891. The second-order valence-electron chi connectivity index (χ2n) is 4.26. The third-order valence-electron chi connectivity index (χ3n) is 2.78. The lowest BCUT2D eigenvalue weighted by molar-refractivity contribution is -0.121. The fraction of sp³-hybridized carbons (Fsp3) is 0.333. The van der Waals surface area contributed by atoms with Crippen molar-refractivity contribution in [3.63, 3.8) is 0 Å². The molecule has 1 aromatic carbocycles. The average molecular weight is 259 g/mol. The largest absolute Gasteiger partial charge is 0.484 e. The Kier molecular flexibility index (Phi) is 4.34. The molecule has 0 atom stereocenters. The Morgan fingerprint density at radius 1 is 1.26 bits per heavy atom. The van der Waals surface area contributed by atoms with Gasteiger partial charge in [-0.2, -0.15) is 0 Å². The van der Waals surface area contributed by atoms with Gasteiger partial charge in [-0.1, -0.05) is 19.1 Å². The first kappa shape index (κ1) is 13.3. The molecule has 0 radical (unpaired) electrons. The molecule has 1 heterocycles. The maximum Gasteiger partial charge on any atom is 0.213 e. The molecular weight excluding hydrogens is 242 g/mol. The lowest BCUT2D eigenvalue weighted by Crippen LogP contribution is -2.10. The number of carbonyl (C=O) groups excluding carboxylic acids is 1. The number of pyridine rings is 1. The van der Waals surface area contributed by atoms with Crippen LogP contribution in [-0.4, -0.2) is 24.5 Å². The highest BCUT2D eigenvalue weighted by molar-refractivity contribution is 5.86. The normalized spacial score (nSPS) is 10.4. The van der Waals surface area contributed by atoms with Gasteiger partial charge in [0.25, 0.3) is 0 Å². The van der Waals surface area contributed by atoms with Crippen LogP contribution in [0, 0.1) is 0 Å². The van der Waals surface area contributed by atoms with Crippen molar-refractivity contribution >= 4 is 16.7 Å². The Labute approximate surface area is 112 Å². The standard InChI is InChI=1S/C15H17NO3/c1-3-5-12(17)10-19-13-7-4-6-11-8-9-14(18-2)16-15(11)13/h4,6-9H,3,5,10H2,1-2H3. The van der Waals surface area contributed by atoms with E-state index in [2.05, 4.69) is 4.98 Å². The fourth-order valence-electron chi connectivity index (χ4n) is 1.84. The number of methoxy groups -OCH3 is 1. The number of para-hydroxylation sites is 1. The van der Waals surface area contributed by atoms with Crippen molar-refractivity contribution in [2.24, 2.45) is 0 Å². The van der Waals surface area contributed by atoms with E-state index in [-0.39, 0.29) is 12.4 Å². The molecule has 0 amide bonds. The zero-order valence-electron chi connectivity index (χ0n) is 11.2. The number of rotatable bonds is 6. The highest BCUT2D eigenvalue weighted by Gasteiger charge is 2.07. The third-order valence-corrected chi connectivity index (χ3v) is 2.78. The SMILES string of the molecule is CCCC(=O)COc1cccc2ccc(OC)nc12. The van der Waals surface area contributed by atoms with Gasteiger partial charge in [-0.15, -0.1) is 0 Å². The fourth-order valence-corrected chi connectivity index (χ4v) is 1.84. The van der Waals surface area contributed by atoms with Gasteiger partial charge in [0, 0.05) is 17.9 Å². The highest BCUT2D eigenvalue weighted by atomic mass is 16.5. The number of aromatic nitrogens is 1. The first-order chi connectivity index (χ1) is 9.24. The van der Waals surface area contributed by atoms with E-state index in [1.165, 1.54) is 0 Å². The molecule has 0 aliphatic carbocycles. The number of carbonyl (C=O) groups is 1. The van der Waals surface area contributed by atoms with Crippen LogP contribution < -0.4 is 9.47 Å². The second kappa shape index (κ2) is 6.18. The van der Waals surface area contributed by atoms with Crippen molar-refractivity contribution in [3.05, 3.63) is 30.3 Å². The van der Waals surface area contributed by atoms with E-state index in [1.807, 2.05) is 31.2 Å². The van der Waals surface area contributed by atoms with E-state index in [9.17, 15) is 4.79 Å². The van der Waals surface area contributed by atoms with Gasteiger partial charge in [0.05, 0.1) is 7.11 Å². The molecule has 19 heavy (non-hydrogen) atoms. The number of ether oxygens (including phenoxy) is 2. The summed E-state index contributed by atoms with van der Waals surface area (Å²) in [6.07, 6.45) is 1.38. The molecule has 0 N–H and O–H groups in total. The molecule has 0 unspecified atom stereocenters. The summed E-state index contributed by atoms with van der Waals surface area (Å²) >= 11 is 0. The molecule has 0 saturated heterocycles. The van der Waals surface area contributed by atoms with Crippen LogP contribution in [0.1, 0.15) is 19.8 Å². The minimum absolute atomic E-state index is 0.0891. The number of hydrogen-bond acceptors (Lipinski definition) is 4. The number of benzene rings is 1. The Morgan fingerprint density at radius 2 is 2.11 bits per heavy atom. The van der Waals surface area contributed by atoms with E-state index < -0.39 is 0 Å². The molecule has 4 heteroatoms. The first-order valence-electron chi connectivity index (χ1n) is 6.33. The van der Waals surface area contributed by atoms with E-state index in [0.29, 0.717) is 23.6 Å². The molecule has 0 bridgehead atoms. The molecule has 2 rings (SSSR count). The first-order valence-corrected chi connectivity index (χ1v) is 6.33. The summed E-state index contributed by atoms with van der Waals surface area (Å²) in [6.45, 7) is 2.06. The van der Waals surface area contributed by atoms with Crippen molar-refractivity contribution < 1.29 is 14.3 Å². The average Bonchev–Trinajstić information content (AvgIpc) is 2.44. The van der Waals surface area contributed by atoms with Gasteiger partial charge in [-0.3, -0.25) is 4.79 Å². The van der Waals surface area contributed by atoms with Crippen LogP contribution in [0.15, 0.2) is 30.3 Å². The van der Waals surface area contributed by atoms with Crippen molar-refractivity contribution in [3.8, 4) is 11.6 Å². The van der Waals surface area contributed by atoms with Gasteiger partial charge in [-0.25, -0.2) is 4.98 Å². The van der Waals surface area contributed by atoms with E-state index in [0.717, 1.165) is 11.8 Å². The topological polar surface area (TPSA) is 48.4 Å². The van der Waals surface area contributed by atoms with Crippen molar-refractivity contribution in [1.82, 2.24) is 4.98 Å². The highest BCUT2D eigenvalue weighted by Crippen LogP contribution is 2.25. The van der Waals surface area contributed by atoms with Crippen LogP contribution in [0.25, 0.3) is 10.9 Å². The summed E-state index contributed by atoms with van der Waals surface area (Å²) in [7, 11) is 1.57. The van der Waals surface area contributed by atoms with E-state index in [4.69, 9.17) is 9.47 Å². The monoisotopic (exact) mass is 259 g/mol. The summed E-state index contributed by atoms with van der Waals surface area (Å²) in [5.41, 5.74) is 0.714. The smallest absolute Gasteiger partial charge is 0.213 e. The van der Waals surface area contributed by atoms with Gasteiger partial charge in [-0.05, 0) is 18.6 Å². The van der Waals surface area contributed by atoms with Gasteiger partial charge in [0.2, 0.25) is 5.88 Å². The van der Waals surface area contributed by atoms with E-state index >= 15 is 0 Å². The molecule has 0 fully saturated rings. The molecule has 0 aliphatic rings. The van der Waals surface area contributed by atoms with Crippen LogP contribution in [0.3, 0.4) is 0 Å². The van der Waals surface area contributed by atoms with Gasteiger partial charge in [0.1, 0.15) is 17.9 Å². The molecule has 4 nitrogen and oxygen atoms in total. The van der Waals surface area contributed by atoms with Crippen LogP contribution in [0.2, 0.25) is 0 Å². The number of nitrogens with zero attached hydrogens (tertiary/aromatic N) is 1. The number of fused-ring (bicyclic) bond motifs is 1. The van der Waals surface area contributed by atoms with Crippen molar-refractivity contribution in [2.75, 3.05) is 13.7 Å². The van der Waals surface area contributed by atoms with Crippen LogP contribution >= 0.6 is 0 Å². The zero-order valence-corrected chi connectivity index (χ0v) is 11.2. The van der Waals surface area contributed by atoms with Gasteiger partial charge in [0.15, 0.2) is 5.78 Å². The molecule has 100 valence electrons. The van der Waals surface area contributed by atoms with Gasteiger partial charge >= 0.3 is 0 Å². The predicted octanol–water partition coefficient (Wildman–Crippen LogP) is 2.99. The Balaban J connectivity index is 2.24. The molecular formula is C15H17NO3. The minimum Gasteiger partial charge on any atom is -0.484 e. The maximum atomic E-state index is 11.5. The Morgan fingerprint density at radius 3 is 2.84 bits per heavy atom. The summed E-state index contributed by atoms with van der Waals surface area (Å²) in [6, 6.07) is 9.36. The molecule has 0 saturated carbocycles. The third kappa shape index (κ3) is 3.22. The number of ketones is 1. The van der Waals surface area contributed by atoms with Crippen molar-refractivity contribution in [2.45, 2.75) is 19.8 Å². The molecule has 0 aliphatic heterocycles. The quantitative estimate of drug-likeness (QED) is 0.800. The number of hydrogen-bond donors (Lipinski definition) is 0. The van der Waals surface area contributed by atoms with Crippen molar-refractivity contribution in [1.29, 1.82) is 0 Å². The molecule has 1 aromatic heterocycles. The summed E-state index contributed by atoms with van der Waals surface area (Å²) in [4.78, 5) is 15.9. The maximum absolute atomic E-state index is 11.5. The van der Waals surface area contributed by atoms with E-state index in [1.54, 1.807) is 13.2 Å². The lowest BCUT2D eigenvalue weighted by atomic mass is 10.2. The van der Waals surface area contributed by atoms with Crippen LogP contribution in [0.4, 0.5) is 0 Å². The Bertz CT molecular complexity index is 581. The predicted molar refractivity (Wildman–Crippen MR) is 73.7 cm³/mol. The van der Waals surface area contributed by atoms with Crippen LogP contribution in [-0.2, 0) is 4.79 Å². The molecule has 0 spiro atoms. The summed E-state index contributed by atoms with van der Waals surface area (Å²) < 4.78 is 10.7. The summed E-state index contributed by atoms with van der Waals surface area (Å²) in [5.74, 6) is 1.24. The number of Topliss-reactive ketones (excluding diaryl/α,β-unsaturated/α-hetero) is 1. The zero-order chi connectivity index (χ0) is 13.7. The summed E-state index contributed by atoms with van der Waals surface area (Å²) in [5, 5.41) is 0.959. The molecule has 2 aromatic rings. The lowest BCUT2D eigenvalue weighted by Gasteiger charge is -2.08. The van der Waals surface area contributed by atoms with Gasteiger partial charge < -0.3 is 9.47 Å². The second-order valence-corrected chi connectivity index (χ2v) is 4.26.